The quantitative estimate of drug-likeness (QED) is 0.412. The van der Waals surface area contributed by atoms with E-state index in [1.165, 1.54) is 11.6 Å². The van der Waals surface area contributed by atoms with Gasteiger partial charge in [-0.25, -0.2) is 0 Å². The molecule has 6 nitrogen and oxygen atoms in total. The number of hydrogen-bond acceptors (Lipinski definition) is 3. The van der Waals surface area contributed by atoms with Gasteiger partial charge >= 0.3 is 0 Å². The van der Waals surface area contributed by atoms with Crippen molar-refractivity contribution in [1.29, 1.82) is 0 Å². The molecule has 5 N–H and O–H groups in total. The van der Waals surface area contributed by atoms with Gasteiger partial charge < -0.3 is 21.1 Å². The second-order valence-electron chi connectivity index (χ2n) is 10.3. The van der Waals surface area contributed by atoms with Gasteiger partial charge in [0.1, 0.15) is 0 Å². The van der Waals surface area contributed by atoms with Gasteiger partial charge in [-0.05, 0) is 93.3 Å². The molecule has 3 aromatic rings. The summed E-state index contributed by atoms with van der Waals surface area (Å²) in [6.07, 6.45) is 3.65. The highest BCUT2D eigenvalue weighted by atomic mass is 16.3. The second-order valence-corrected chi connectivity index (χ2v) is 10.3. The Morgan fingerprint density at radius 1 is 1.21 bits per heavy atom. The van der Waals surface area contributed by atoms with Gasteiger partial charge in [0.05, 0.1) is 22.2 Å². The monoisotopic (exact) mass is 459 g/mol. The van der Waals surface area contributed by atoms with E-state index in [-0.39, 0.29) is 11.8 Å². The number of carbonyl (C=O) groups is 2. The molecule has 4 rings (SSSR count). The van der Waals surface area contributed by atoms with E-state index >= 15 is 0 Å². The van der Waals surface area contributed by atoms with Crippen LogP contribution in [0.5, 0.6) is 0 Å². The molecule has 178 valence electrons. The first kappa shape index (κ1) is 23.8. The first-order chi connectivity index (χ1) is 15.9. The molecule has 2 amide bonds. The van der Waals surface area contributed by atoms with E-state index in [9.17, 15) is 14.7 Å². The number of fused-ring (bicyclic) bond motifs is 3. The van der Waals surface area contributed by atoms with Crippen LogP contribution in [0.25, 0.3) is 22.0 Å². The third-order valence-electron chi connectivity index (χ3n) is 7.12. The van der Waals surface area contributed by atoms with Gasteiger partial charge in [-0.3, -0.25) is 9.59 Å². The summed E-state index contributed by atoms with van der Waals surface area (Å²) in [5.74, 6) is -0.577. The number of primary amides is 1. The molecule has 0 radical (unpaired) electrons. The van der Waals surface area contributed by atoms with Crippen LogP contribution in [0.2, 0.25) is 0 Å². The number of benzene rings is 2. The number of rotatable bonds is 6. The average Bonchev–Trinajstić information content (AvgIpc) is 3.16. The molecular formula is C28H33N3O3. The van der Waals surface area contributed by atoms with E-state index < -0.39 is 17.0 Å². The lowest BCUT2D eigenvalue weighted by Gasteiger charge is -2.32. The fourth-order valence-electron chi connectivity index (χ4n) is 5.10. The largest absolute Gasteiger partial charge is 0.390 e. The topological polar surface area (TPSA) is 108 Å². The summed E-state index contributed by atoms with van der Waals surface area (Å²) >= 11 is 0. The summed E-state index contributed by atoms with van der Waals surface area (Å²) in [5.41, 5.74) is 10.7. The second kappa shape index (κ2) is 8.44. The Bertz CT molecular complexity index is 1290. The maximum atomic E-state index is 12.2. The summed E-state index contributed by atoms with van der Waals surface area (Å²) in [5, 5.41) is 14.6. The van der Waals surface area contributed by atoms with Crippen LogP contribution in [0.3, 0.4) is 0 Å². The number of aliphatic hydroxyl groups is 1. The molecule has 0 spiro atoms. The third-order valence-corrected chi connectivity index (χ3v) is 7.12. The predicted molar refractivity (Wildman–Crippen MR) is 135 cm³/mol. The summed E-state index contributed by atoms with van der Waals surface area (Å²) in [7, 11) is 0. The van der Waals surface area contributed by atoms with Crippen LogP contribution >= 0.6 is 0 Å². The third kappa shape index (κ3) is 4.26. The number of carbonyl (C=O) groups excluding carboxylic acids is 2. The lowest BCUT2D eigenvalue weighted by molar-refractivity contribution is -0.118. The minimum Gasteiger partial charge on any atom is -0.390 e. The van der Waals surface area contributed by atoms with Gasteiger partial charge in [-0.15, -0.1) is 0 Å². The SMILES string of the molecule is C=CC(=O)NC(C)(C)c1cccc(-c2ccc(C(N)=O)c3[nH]c4c(c23)CCC(C(C)(C)O)C4)c1. The number of nitrogens with one attached hydrogen (secondary N) is 2. The average molecular weight is 460 g/mol. The lowest BCUT2D eigenvalue weighted by atomic mass is 9.77. The van der Waals surface area contributed by atoms with Crippen molar-refractivity contribution in [2.24, 2.45) is 11.7 Å². The van der Waals surface area contributed by atoms with E-state index in [4.69, 9.17) is 5.73 Å². The van der Waals surface area contributed by atoms with Gasteiger partial charge in [0, 0.05) is 11.1 Å². The molecule has 0 saturated carbocycles. The van der Waals surface area contributed by atoms with E-state index in [0.29, 0.717) is 12.0 Å². The van der Waals surface area contributed by atoms with Crippen LogP contribution < -0.4 is 11.1 Å². The van der Waals surface area contributed by atoms with E-state index in [0.717, 1.165) is 46.1 Å². The van der Waals surface area contributed by atoms with Gasteiger partial charge in [-0.1, -0.05) is 30.8 Å². The van der Waals surface area contributed by atoms with Gasteiger partial charge in [0.15, 0.2) is 0 Å². The van der Waals surface area contributed by atoms with Crippen molar-refractivity contribution in [3.05, 3.63) is 71.4 Å². The molecule has 0 aliphatic heterocycles. The minimum absolute atomic E-state index is 0.131. The smallest absolute Gasteiger partial charge is 0.250 e. The summed E-state index contributed by atoms with van der Waals surface area (Å²) in [6, 6.07) is 11.8. The van der Waals surface area contributed by atoms with Crippen LogP contribution in [0.15, 0.2) is 49.1 Å². The summed E-state index contributed by atoms with van der Waals surface area (Å²) in [4.78, 5) is 27.7. The molecule has 1 aliphatic rings. The van der Waals surface area contributed by atoms with E-state index in [1.54, 1.807) is 6.07 Å². The zero-order valence-electron chi connectivity index (χ0n) is 20.3. The highest BCUT2D eigenvalue weighted by Gasteiger charge is 2.33. The molecule has 0 fully saturated rings. The van der Waals surface area contributed by atoms with Crippen molar-refractivity contribution in [2.45, 2.75) is 58.1 Å². The lowest BCUT2D eigenvalue weighted by Crippen LogP contribution is -2.40. The van der Waals surface area contributed by atoms with Crippen molar-refractivity contribution in [2.75, 3.05) is 0 Å². The molecule has 2 aromatic carbocycles. The van der Waals surface area contributed by atoms with E-state index in [2.05, 4.69) is 22.9 Å². The Balaban J connectivity index is 1.87. The van der Waals surface area contributed by atoms with Crippen molar-refractivity contribution in [3.8, 4) is 11.1 Å². The maximum Gasteiger partial charge on any atom is 0.250 e. The Morgan fingerprint density at radius 3 is 2.59 bits per heavy atom. The Morgan fingerprint density at radius 2 is 1.94 bits per heavy atom. The summed E-state index contributed by atoms with van der Waals surface area (Å²) in [6.45, 7) is 11.2. The first-order valence-corrected chi connectivity index (χ1v) is 11.7. The molecular weight excluding hydrogens is 426 g/mol. The van der Waals surface area contributed by atoms with Crippen LogP contribution in [-0.2, 0) is 23.2 Å². The molecule has 1 heterocycles. The Hall–Kier alpha value is -3.38. The van der Waals surface area contributed by atoms with Crippen LogP contribution in [0.1, 0.15) is 61.3 Å². The number of hydrogen-bond donors (Lipinski definition) is 4. The van der Waals surface area contributed by atoms with E-state index in [1.807, 2.05) is 52.0 Å². The molecule has 0 bridgehead atoms. The van der Waals surface area contributed by atoms with Gasteiger partial charge in [0.2, 0.25) is 5.91 Å². The molecule has 0 saturated heterocycles. The highest BCUT2D eigenvalue weighted by Crippen LogP contribution is 2.41. The van der Waals surface area contributed by atoms with Gasteiger partial charge in [0.25, 0.3) is 5.91 Å². The molecule has 1 aliphatic carbocycles. The maximum absolute atomic E-state index is 12.2. The van der Waals surface area contributed by atoms with Crippen LogP contribution in [0, 0.1) is 5.92 Å². The van der Waals surface area contributed by atoms with Crippen LogP contribution in [0.4, 0.5) is 0 Å². The number of aromatic amines is 1. The van der Waals surface area contributed by atoms with Crippen molar-refractivity contribution < 1.29 is 14.7 Å². The molecule has 6 heteroatoms. The Labute approximate surface area is 200 Å². The first-order valence-electron chi connectivity index (χ1n) is 11.7. The molecule has 1 atom stereocenters. The standard InChI is InChI=1S/C28H33N3O3/c1-6-23(32)31-27(2,3)17-9-7-8-16(14-17)19-12-13-21(26(29)33)25-24(19)20-11-10-18(28(4,5)34)15-22(20)30-25/h6-9,12-14,18,30,34H,1,10-11,15H2,2-5H3,(H2,29,33)(H,31,32). The number of aryl methyl sites for hydroxylation is 1. The van der Waals surface area contributed by atoms with Crippen LogP contribution in [-0.4, -0.2) is 27.5 Å². The normalized spacial score (nSPS) is 16.2. The van der Waals surface area contributed by atoms with Crippen molar-refractivity contribution >= 4 is 22.7 Å². The number of H-pyrrole nitrogens is 1. The number of nitrogens with two attached hydrogens (primary N) is 1. The fraction of sp³-hybridized carbons (Fsp3) is 0.357. The molecule has 34 heavy (non-hydrogen) atoms. The minimum atomic E-state index is -0.778. The predicted octanol–water partition coefficient (Wildman–Crippen LogP) is 4.35. The van der Waals surface area contributed by atoms with Gasteiger partial charge in [-0.2, -0.15) is 0 Å². The molecule has 1 aromatic heterocycles. The van der Waals surface area contributed by atoms with Crippen molar-refractivity contribution in [3.63, 3.8) is 0 Å². The van der Waals surface area contributed by atoms with Crippen molar-refractivity contribution in [1.82, 2.24) is 10.3 Å². The zero-order valence-corrected chi connectivity index (χ0v) is 20.3. The number of aromatic nitrogens is 1. The number of amides is 2. The Kier molecular flexibility index (Phi) is 5.90. The zero-order chi connectivity index (χ0) is 24.8. The highest BCUT2D eigenvalue weighted by molar-refractivity contribution is 6.10. The molecule has 1 unspecified atom stereocenters. The fourth-order valence-corrected chi connectivity index (χ4v) is 5.10. The summed E-state index contributed by atoms with van der Waals surface area (Å²) < 4.78 is 0.